The van der Waals surface area contributed by atoms with Crippen LogP contribution in [0.25, 0.3) is 0 Å². The SMILES string of the molecule is CCc1cc(Nc2ncc(Cl)c(Nc3ccccc3P(C)(C)=O)n2)c(OC)cc1N1CCC(N2CCc3ccc(Oc4cccc5c4CN(C4CCC(=O)NC4=O)C5=O)cc3C2)CC1. The number of rotatable bonds is 12. The van der Waals surface area contributed by atoms with Crippen LogP contribution in [0.4, 0.5) is 28.8 Å². The van der Waals surface area contributed by atoms with Gasteiger partial charge < -0.3 is 34.5 Å². The second kappa shape index (κ2) is 17.9. The summed E-state index contributed by atoms with van der Waals surface area (Å²) in [5.74, 6) is 1.76. The molecule has 5 heterocycles. The van der Waals surface area contributed by atoms with Gasteiger partial charge in [0.25, 0.3) is 5.91 Å². The first kappa shape index (κ1) is 43.3. The molecule has 2 fully saturated rings. The molecule has 3 N–H and O–H groups in total. The van der Waals surface area contributed by atoms with E-state index in [2.05, 4.69) is 61.9 Å². The van der Waals surface area contributed by atoms with Gasteiger partial charge in [0.15, 0.2) is 5.82 Å². The molecule has 0 radical (unpaired) electrons. The molecule has 1 atom stereocenters. The zero-order valence-electron chi connectivity index (χ0n) is 36.4. The standard InChI is InChI=1S/C48H52ClN8O6P/c1-5-29-24-38(52-48-50-26-36(49)45(54-48)51-37-10-6-7-12-43(37)64(3,4)61)42(62-2)25-40(29)55-21-18-32(19-22-55)56-20-17-30-13-14-33(23-31(30)27-56)63-41-11-8-9-34-35(41)28-57(47(34)60)39-15-16-44(58)53-46(39)59/h6-14,23-26,32,39H,5,15-22,27-28H2,1-4H3,(H,53,58,59)(H2,50,51,52,54). The van der Waals surface area contributed by atoms with Crippen LogP contribution < -0.4 is 35.6 Å². The molecule has 5 aromatic rings. The van der Waals surface area contributed by atoms with Crippen LogP contribution in [0.5, 0.6) is 17.2 Å². The van der Waals surface area contributed by atoms with Gasteiger partial charge in [0.1, 0.15) is 35.5 Å². The van der Waals surface area contributed by atoms with Gasteiger partial charge >= 0.3 is 0 Å². The minimum atomic E-state index is -2.57. The lowest BCUT2D eigenvalue weighted by atomic mass is 9.94. The Balaban J connectivity index is 0.847. The molecule has 3 amide bonds. The van der Waals surface area contributed by atoms with Gasteiger partial charge in [-0.3, -0.25) is 24.6 Å². The summed E-state index contributed by atoms with van der Waals surface area (Å²) in [6.45, 7) is 9.52. The van der Waals surface area contributed by atoms with Crippen molar-refractivity contribution in [3.63, 3.8) is 0 Å². The maximum absolute atomic E-state index is 13.4. The number of anilines is 5. The molecule has 332 valence electrons. The number of para-hydroxylation sites is 1. The zero-order valence-corrected chi connectivity index (χ0v) is 38.1. The normalized spacial score (nSPS) is 18.1. The number of hydrogen-bond donors (Lipinski definition) is 3. The Morgan fingerprint density at radius 3 is 2.45 bits per heavy atom. The molecule has 4 aromatic carbocycles. The van der Waals surface area contributed by atoms with E-state index in [1.54, 1.807) is 37.6 Å². The highest BCUT2D eigenvalue weighted by molar-refractivity contribution is 7.70. The van der Waals surface area contributed by atoms with E-state index in [0.29, 0.717) is 63.1 Å². The lowest BCUT2D eigenvalue weighted by Gasteiger charge is -2.42. The van der Waals surface area contributed by atoms with Gasteiger partial charge in [-0.15, -0.1) is 0 Å². The third kappa shape index (κ3) is 8.79. The average Bonchev–Trinajstić information content (AvgIpc) is 3.63. The Hall–Kier alpha value is -5.95. The lowest BCUT2D eigenvalue weighted by Crippen LogP contribution is -2.52. The molecule has 9 rings (SSSR count). The van der Waals surface area contributed by atoms with Crippen molar-refractivity contribution in [2.45, 2.75) is 70.6 Å². The van der Waals surface area contributed by atoms with Crippen molar-refractivity contribution in [2.75, 3.05) is 55.6 Å². The number of hydrogen-bond acceptors (Lipinski definition) is 12. The zero-order chi connectivity index (χ0) is 44.7. The van der Waals surface area contributed by atoms with Crippen LogP contribution in [-0.4, -0.2) is 89.6 Å². The number of ether oxygens (including phenoxy) is 2. The largest absolute Gasteiger partial charge is 0.494 e. The summed E-state index contributed by atoms with van der Waals surface area (Å²) in [6.07, 6.45) is 5.88. The lowest BCUT2D eigenvalue weighted by molar-refractivity contribution is -0.136. The molecular formula is C48H52ClN8O6P. The Kier molecular flexibility index (Phi) is 12.1. The molecule has 16 heteroatoms. The van der Waals surface area contributed by atoms with Crippen LogP contribution in [0, 0.1) is 0 Å². The van der Waals surface area contributed by atoms with Gasteiger partial charge in [0, 0.05) is 66.8 Å². The second-order valence-corrected chi connectivity index (χ2v) is 20.8. The summed E-state index contributed by atoms with van der Waals surface area (Å²) < 4.78 is 25.4. The molecule has 0 spiro atoms. The van der Waals surface area contributed by atoms with Crippen molar-refractivity contribution in [1.82, 2.24) is 25.1 Å². The predicted octanol–water partition coefficient (Wildman–Crippen LogP) is 8.02. The molecule has 2 saturated heterocycles. The number of nitrogens with zero attached hydrogens (tertiary/aromatic N) is 5. The molecule has 1 aromatic heterocycles. The van der Waals surface area contributed by atoms with Crippen molar-refractivity contribution in [3.8, 4) is 17.2 Å². The Morgan fingerprint density at radius 2 is 1.69 bits per heavy atom. The molecule has 0 bridgehead atoms. The number of carbonyl (C=O) groups is 3. The number of imide groups is 1. The number of aryl methyl sites for hydroxylation is 1. The summed E-state index contributed by atoms with van der Waals surface area (Å²) in [7, 11) is -0.904. The van der Waals surface area contributed by atoms with Crippen LogP contribution in [0.3, 0.4) is 0 Å². The summed E-state index contributed by atoms with van der Waals surface area (Å²) in [5.41, 5.74) is 7.60. The molecule has 0 saturated carbocycles. The fraction of sp³-hybridized carbons (Fsp3) is 0.354. The maximum atomic E-state index is 13.4. The molecular weight excluding hydrogens is 851 g/mol. The number of amides is 3. The minimum absolute atomic E-state index is 0.207. The van der Waals surface area contributed by atoms with Crippen molar-refractivity contribution >= 4 is 70.6 Å². The fourth-order valence-electron chi connectivity index (χ4n) is 9.45. The minimum Gasteiger partial charge on any atom is -0.494 e. The van der Waals surface area contributed by atoms with E-state index in [9.17, 15) is 18.9 Å². The topological polar surface area (TPSA) is 158 Å². The van der Waals surface area contributed by atoms with Gasteiger partial charge in [-0.05, 0) is 105 Å². The molecule has 14 nitrogen and oxygen atoms in total. The van der Waals surface area contributed by atoms with Crippen molar-refractivity contribution in [3.05, 3.63) is 112 Å². The number of fused-ring (bicyclic) bond motifs is 2. The number of methoxy groups -OCH3 is 1. The average molecular weight is 903 g/mol. The van der Waals surface area contributed by atoms with Crippen LogP contribution in [0.1, 0.15) is 65.2 Å². The van der Waals surface area contributed by atoms with Gasteiger partial charge in [0.2, 0.25) is 17.8 Å². The number of nitrogens with one attached hydrogen (secondary N) is 3. The quantitative estimate of drug-likeness (QED) is 0.0820. The third-order valence-corrected chi connectivity index (χ3v) is 14.6. The molecule has 64 heavy (non-hydrogen) atoms. The van der Waals surface area contributed by atoms with E-state index in [1.807, 2.05) is 42.5 Å². The van der Waals surface area contributed by atoms with Gasteiger partial charge in [-0.25, -0.2) is 4.98 Å². The van der Waals surface area contributed by atoms with E-state index in [-0.39, 0.29) is 24.8 Å². The Labute approximate surface area is 378 Å². The van der Waals surface area contributed by atoms with Crippen LogP contribution in [0.2, 0.25) is 5.02 Å². The number of aromatic nitrogens is 2. The first-order valence-corrected chi connectivity index (χ1v) is 24.8. The van der Waals surface area contributed by atoms with Crippen LogP contribution in [-0.2, 0) is 40.1 Å². The molecule has 0 aliphatic carbocycles. The smallest absolute Gasteiger partial charge is 0.255 e. The van der Waals surface area contributed by atoms with Crippen molar-refractivity contribution in [2.24, 2.45) is 0 Å². The number of halogens is 1. The van der Waals surface area contributed by atoms with Crippen LogP contribution in [0.15, 0.2) is 79.0 Å². The van der Waals surface area contributed by atoms with E-state index in [4.69, 9.17) is 26.1 Å². The maximum Gasteiger partial charge on any atom is 0.255 e. The highest BCUT2D eigenvalue weighted by Gasteiger charge is 2.40. The van der Waals surface area contributed by atoms with Gasteiger partial charge in [0.05, 0.1) is 31.2 Å². The highest BCUT2D eigenvalue weighted by atomic mass is 35.5. The second-order valence-electron chi connectivity index (χ2n) is 17.2. The fourth-order valence-corrected chi connectivity index (χ4v) is 10.7. The summed E-state index contributed by atoms with van der Waals surface area (Å²) in [6, 6.07) is 23.2. The monoisotopic (exact) mass is 902 g/mol. The van der Waals surface area contributed by atoms with Crippen molar-refractivity contribution < 1.29 is 28.4 Å². The number of piperidine rings is 2. The number of benzene rings is 4. The van der Waals surface area contributed by atoms with Gasteiger partial charge in [-0.1, -0.05) is 42.8 Å². The highest BCUT2D eigenvalue weighted by Crippen LogP contribution is 2.41. The molecule has 4 aliphatic rings. The van der Waals surface area contributed by atoms with Gasteiger partial charge in [-0.2, -0.15) is 4.98 Å². The Morgan fingerprint density at radius 1 is 0.875 bits per heavy atom. The predicted molar refractivity (Wildman–Crippen MR) is 250 cm³/mol. The van der Waals surface area contributed by atoms with E-state index >= 15 is 0 Å². The van der Waals surface area contributed by atoms with E-state index in [1.165, 1.54) is 16.7 Å². The molecule has 4 aliphatic heterocycles. The Bertz CT molecular complexity index is 2700. The first-order valence-electron chi connectivity index (χ1n) is 21.8. The summed E-state index contributed by atoms with van der Waals surface area (Å²) in [4.78, 5) is 53.6. The number of carbonyl (C=O) groups excluding carboxylic acids is 3. The van der Waals surface area contributed by atoms with Crippen molar-refractivity contribution in [1.29, 1.82) is 0 Å². The third-order valence-electron chi connectivity index (χ3n) is 12.8. The summed E-state index contributed by atoms with van der Waals surface area (Å²) in [5, 5.41) is 10.1. The summed E-state index contributed by atoms with van der Waals surface area (Å²) >= 11 is 6.54. The molecule has 1 unspecified atom stereocenters. The van der Waals surface area contributed by atoms with E-state index in [0.717, 1.165) is 68.8 Å². The van der Waals surface area contributed by atoms with Crippen LogP contribution >= 0.6 is 18.7 Å². The first-order chi connectivity index (χ1) is 30.9. The van der Waals surface area contributed by atoms with E-state index < -0.39 is 19.1 Å².